The fraction of sp³-hybridized carbons (Fsp3) is 0.222. The van der Waals surface area contributed by atoms with Crippen LogP contribution < -0.4 is 4.74 Å². The maximum atomic E-state index is 13.4. The standard InChI is InChI=1S/C18H16FNO3/c19-16-5-1-2-6-17(16)23-11-3-4-15(12-20)13-7-9-14(10-8-13)18(21)22/h1-2,5-10,15H,3-4,11H2,(H,21,22). The third kappa shape index (κ3) is 4.55. The zero-order valence-corrected chi connectivity index (χ0v) is 12.4. The van der Waals surface area contributed by atoms with Crippen molar-refractivity contribution < 1.29 is 19.0 Å². The lowest BCUT2D eigenvalue weighted by Gasteiger charge is -2.11. The van der Waals surface area contributed by atoms with E-state index in [-0.39, 0.29) is 17.2 Å². The number of carbonyl (C=O) groups is 1. The molecule has 0 aliphatic rings. The van der Waals surface area contributed by atoms with Crippen LogP contribution in [-0.2, 0) is 0 Å². The molecule has 5 heteroatoms. The van der Waals surface area contributed by atoms with E-state index >= 15 is 0 Å². The molecule has 118 valence electrons. The van der Waals surface area contributed by atoms with E-state index < -0.39 is 11.8 Å². The lowest BCUT2D eigenvalue weighted by atomic mass is 9.95. The number of hydrogen-bond acceptors (Lipinski definition) is 3. The van der Waals surface area contributed by atoms with Gasteiger partial charge in [-0.05, 0) is 42.7 Å². The molecule has 0 saturated carbocycles. The molecule has 1 unspecified atom stereocenters. The maximum absolute atomic E-state index is 13.4. The van der Waals surface area contributed by atoms with E-state index in [4.69, 9.17) is 9.84 Å². The number of carboxylic acid groups (broad SMARTS) is 1. The molecule has 0 saturated heterocycles. The number of hydrogen-bond donors (Lipinski definition) is 1. The van der Waals surface area contributed by atoms with Gasteiger partial charge in [0, 0.05) is 0 Å². The Labute approximate surface area is 133 Å². The van der Waals surface area contributed by atoms with Crippen LogP contribution in [-0.4, -0.2) is 17.7 Å². The van der Waals surface area contributed by atoms with Crippen LogP contribution in [0.5, 0.6) is 5.75 Å². The molecule has 0 heterocycles. The van der Waals surface area contributed by atoms with Gasteiger partial charge in [0.05, 0.1) is 24.2 Å². The van der Waals surface area contributed by atoms with Crippen LogP contribution in [0.1, 0.15) is 34.7 Å². The molecule has 0 aromatic heterocycles. The minimum Gasteiger partial charge on any atom is -0.491 e. The summed E-state index contributed by atoms with van der Waals surface area (Å²) in [6, 6.07) is 14.6. The van der Waals surface area contributed by atoms with E-state index in [0.29, 0.717) is 19.4 Å². The maximum Gasteiger partial charge on any atom is 0.335 e. The van der Waals surface area contributed by atoms with Gasteiger partial charge in [-0.1, -0.05) is 24.3 Å². The minimum atomic E-state index is -0.997. The fourth-order valence-electron chi connectivity index (χ4n) is 2.20. The van der Waals surface area contributed by atoms with Crippen LogP contribution in [0.15, 0.2) is 48.5 Å². The topological polar surface area (TPSA) is 70.3 Å². The zero-order chi connectivity index (χ0) is 16.7. The van der Waals surface area contributed by atoms with Gasteiger partial charge < -0.3 is 9.84 Å². The van der Waals surface area contributed by atoms with E-state index in [1.54, 1.807) is 30.3 Å². The molecule has 1 atom stereocenters. The monoisotopic (exact) mass is 313 g/mol. The summed E-state index contributed by atoms with van der Waals surface area (Å²) < 4.78 is 18.7. The molecule has 0 bridgehead atoms. The van der Waals surface area contributed by atoms with Gasteiger partial charge in [-0.15, -0.1) is 0 Å². The number of ether oxygens (including phenoxy) is 1. The van der Waals surface area contributed by atoms with Crippen molar-refractivity contribution >= 4 is 5.97 Å². The predicted octanol–water partition coefficient (Wildman–Crippen LogP) is 3.99. The van der Waals surface area contributed by atoms with Crippen LogP contribution in [0, 0.1) is 17.1 Å². The second kappa shape index (κ2) is 7.95. The molecule has 2 aromatic carbocycles. The molecule has 0 aliphatic heterocycles. The summed E-state index contributed by atoms with van der Waals surface area (Å²) in [5.74, 6) is -1.55. The summed E-state index contributed by atoms with van der Waals surface area (Å²) in [4.78, 5) is 10.8. The van der Waals surface area contributed by atoms with Gasteiger partial charge in [-0.3, -0.25) is 0 Å². The molecule has 0 radical (unpaired) electrons. The van der Waals surface area contributed by atoms with Crippen molar-refractivity contribution in [2.75, 3.05) is 6.61 Å². The first kappa shape index (κ1) is 16.5. The Morgan fingerprint density at radius 3 is 2.52 bits per heavy atom. The van der Waals surface area contributed by atoms with Crippen molar-refractivity contribution in [2.45, 2.75) is 18.8 Å². The average Bonchev–Trinajstić information content (AvgIpc) is 2.56. The first-order valence-corrected chi connectivity index (χ1v) is 7.22. The van der Waals surface area contributed by atoms with Crippen LogP contribution in [0.3, 0.4) is 0 Å². The van der Waals surface area contributed by atoms with E-state index in [9.17, 15) is 14.4 Å². The van der Waals surface area contributed by atoms with Crippen molar-refractivity contribution in [1.29, 1.82) is 5.26 Å². The Hall–Kier alpha value is -2.87. The zero-order valence-electron chi connectivity index (χ0n) is 12.4. The Balaban J connectivity index is 1.87. The summed E-state index contributed by atoms with van der Waals surface area (Å²) in [5, 5.41) is 18.1. The highest BCUT2D eigenvalue weighted by atomic mass is 19.1. The molecule has 0 aliphatic carbocycles. The molecule has 2 aromatic rings. The predicted molar refractivity (Wildman–Crippen MR) is 82.9 cm³/mol. The third-order valence-electron chi connectivity index (χ3n) is 3.45. The average molecular weight is 313 g/mol. The van der Waals surface area contributed by atoms with Crippen LogP contribution in [0.25, 0.3) is 0 Å². The molecular weight excluding hydrogens is 297 g/mol. The lowest BCUT2D eigenvalue weighted by molar-refractivity contribution is 0.0697. The van der Waals surface area contributed by atoms with Gasteiger partial charge in [0.1, 0.15) is 0 Å². The normalized spacial score (nSPS) is 11.5. The number of nitrogens with zero attached hydrogens (tertiary/aromatic N) is 1. The highest BCUT2D eigenvalue weighted by molar-refractivity contribution is 5.87. The van der Waals surface area contributed by atoms with Gasteiger partial charge in [-0.25, -0.2) is 9.18 Å². The largest absolute Gasteiger partial charge is 0.491 e. The Bertz CT molecular complexity index is 707. The van der Waals surface area contributed by atoms with Crippen LogP contribution in [0.4, 0.5) is 4.39 Å². The van der Waals surface area contributed by atoms with E-state index in [2.05, 4.69) is 6.07 Å². The number of carboxylic acids is 1. The Kier molecular flexibility index (Phi) is 5.70. The summed E-state index contributed by atoms with van der Waals surface area (Å²) >= 11 is 0. The second-order valence-electron chi connectivity index (χ2n) is 5.03. The highest BCUT2D eigenvalue weighted by Crippen LogP contribution is 2.22. The highest BCUT2D eigenvalue weighted by Gasteiger charge is 2.12. The summed E-state index contributed by atoms with van der Waals surface area (Å²) in [6.45, 7) is 0.312. The third-order valence-corrected chi connectivity index (χ3v) is 3.45. The smallest absolute Gasteiger partial charge is 0.335 e. The van der Waals surface area contributed by atoms with Crippen molar-refractivity contribution in [1.82, 2.24) is 0 Å². The van der Waals surface area contributed by atoms with Crippen LogP contribution >= 0.6 is 0 Å². The SMILES string of the molecule is N#CC(CCCOc1ccccc1F)c1ccc(C(=O)O)cc1. The number of nitriles is 1. The molecule has 23 heavy (non-hydrogen) atoms. The van der Waals surface area contributed by atoms with Crippen molar-refractivity contribution in [3.63, 3.8) is 0 Å². The first-order valence-electron chi connectivity index (χ1n) is 7.22. The number of halogens is 1. The summed E-state index contributed by atoms with van der Waals surface area (Å²) in [7, 11) is 0. The van der Waals surface area contributed by atoms with E-state index in [1.165, 1.54) is 18.2 Å². The van der Waals surface area contributed by atoms with E-state index in [1.807, 2.05) is 0 Å². The van der Waals surface area contributed by atoms with Gasteiger partial charge in [0.2, 0.25) is 0 Å². The number of aromatic carboxylic acids is 1. The van der Waals surface area contributed by atoms with Gasteiger partial charge in [-0.2, -0.15) is 5.26 Å². The Morgan fingerprint density at radius 1 is 1.22 bits per heavy atom. The molecule has 1 N–H and O–H groups in total. The van der Waals surface area contributed by atoms with E-state index in [0.717, 1.165) is 5.56 Å². The van der Waals surface area contributed by atoms with Crippen molar-refractivity contribution in [3.8, 4) is 11.8 Å². The minimum absolute atomic E-state index is 0.188. The number of para-hydroxylation sites is 1. The summed E-state index contributed by atoms with van der Waals surface area (Å²) in [6.07, 6.45) is 1.14. The van der Waals surface area contributed by atoms with Gasteiger partial charge in [0.15, 0.2) is 11.6 Å². The van der Waals surface area contributed by atoms with Gasteiger partial charge >= 0.3 is 5.97 Å². The number of benzene rings is 2. The molecular formula is C18H16FNO3. The van der Waals surface area contributed by atoms with Crippen LogP contribution in [0.2, 0.25) is 0 Å². The molecule has 0 amide bonds. The summed E-state index contributed by atoms with van der Waals surface area (Å²) in [5.41, 5.74) is 0.955. The molecule has 0 fully saturated rings. The van der Waals surface area contributed by atoms with Crippen molar-refractivity contribution in [3.05, 3.63) is 65.5 Å². The molecule has 4 nitrogen and oxygen atoms in total. The molecule has 0 spiro atoms. The quantitative estimate of drug-likeness (QED) is 0.785. The first-order chi connectivity index (χ1) is 11.1. The van der Waals surface area contributed by atoms with Gasteiger partial charge in [0.25, 0.3) is 0 Å². The Morgan fingerprint density at radius 2 is 1.91 bits per heavy atom. The fourth-order valence-corrected chi connectivity index (χ4v) is 2.20. The lowest BCUT2D eigenvalue weighted by Crippen LogP contribution is -2.03. The molecule has 2 rings (SSSR count). The second-order valence-corrected chi connectivity index (χ2v) is 5.03. The van der Waals surface area contributed by atoms with Crippen molar-refractivity contribution in [2.24, 2.45) is 0 Å². The number of rotatable bonds is 7.